The molecule has 2 aliphatic rings. The second-order valence-electron chi connectivity index (χ2n) is 5.95. The SMILES string of the molecule is CCOC(=O)C(=CNNC(=O)[C@@H]1[C@@H](C(=O)[O-])[C@H]2C=C[C@H]1C2)C(=O)OCC. The molecule has 9 nitrogen and oxygen atoms in total. The molecule has 0 unspecified atom stereocenters. The van der Waals surface area contributed by atoms with Crippen LogP contribution in [0, 0.1) is 23.7 Å². The standard InChI is InChI=1S/C17H22N2O7/c1-3-25-16(23)11(17(24)26-4-2)8-18-19-14(20)12-9-5-6-10(7-9)13(12)15(21)22/h5-6,8-10,12-13,18H,3-4,7H2,1-2H3,(H,19,20)(H,21,22)/p-1/t9-,10-,12-,13-/m0/s1. The van der Waals surface area contributed by atoms with Crippen LogP contribution < -0.4 is 16.0 Å². The van der Waals surface area contributed by atoms with Crippen molar-refractivity contribution in [2.45, 2.75) is 20.3 Å². The second kappa shape index (κ2) is 8.50. The first-order valence-corrected chi connectivity index (χ1v) is 8.39. The summed E-state index contributed by atoms with van der Waals surface area (Å²) in [6.45, 7) is 3.29. The Balaban J connectivity index is 2.03. The molecule has 9 heteroatoms. The minimum atomic E-state index is -1.27. The average molecular weight is 365 g/mol. The molecule has 2 bridgehead atoms. The number of aliphatic carboxylic acids is 1. The number of allylic oxidation sites excluding steroid dienone is 2. The van der Waals surface area contributed by atoms with Gasteiger partial charge in [-0.1, -0.05) is 12.2 Å². The van der Waals surface area contributed by atoms with E-state index < -0.39 is 41.2 Å². The van der Waals surface area contributed by atoms with E-state index in [9.17, 15) is 24.3 Å². The highest BCUT2D eigenvalue weighted by Crippen LogP contribution is 2.47. The molecule has 0 aromatic rings. The number of ether oxygens (including phenoxy) is 2. The van der Waals surface area contributed by atoms with E-state index in [1.54, 1.807) is 19.9 Å². The molecule has 1 fully saturated rings. The summed E-state index contributed by atoms with van der Waals surface area (Å²) in [5, 5.41) is 11.3. The molecule has 0 aromatic heterocycles. The molecule has 0 saturated heterocycles. The Hall–Kier alpha value is -2.84. The van der Waals surface area contributed by atoms with E-state index in [-0.39, 0.29) is 25.0 Å². The Bertz CT molecular complexity index is 635. The molecule has 4 atom stereocenters. The smallest absolute Gasteiger partial charge is 0.347 e. The van der Waals surface area contributed by atoms with Gasteiger partial charge in [0.2, 0.25) is 5.91 Å². The number of hydrogen-bond donors (Lipinski definition) is 2. The zero-order valence-electron chi connectivity index (χ0n) is 14.5. The Morgan fingerprint density at radius 3 is 2.08 bits per heavy atom. The van der Waals surface area contributed by atoms with Gasteiger partial charge in [0.05, 0.1) is 19.1 Å². The van der Waals surface area contributed by atoms with E-state index in [1.807, 2.05) is 6.08 Å². The van der Waals surface area contributed by atoms with Gasteiger partial charge in [0.15, 0.2) is 5.57 Å². The van der Waals surface area contributed by atoms with Crippen molar-refractivity contribution in [1.29, 1.82) is 0 Å². The Kier molecular flexibility index (Phi) is 6.37. The third kappa shape index (κ3) is 4.04. The summed E-state index contributed by atoms with van der Waals surface area (Å²) in [5.74, 6) is -5.69. The maximum atomic E-state index is 12.4. The van der Waals surface area contributed by atoms with E-state index in [2.05, 4.69) is 10.9 Å². The van der Waals surface area contributed by atoms with Crippen LogP contribution in [-0.2, 0) is 28.7 Å². The maximum absolute atomic E-state index is 12.4. The van der Waals surface area contributed by atoms with Gasteiger partial charge in [0, 0.05) is 18.1 Å². The lowest BCUT2D eigenvalue weighted by molar-refractivity contribution is -0.313. The van der Waals surface area contributed by atoms with Crippen molar-refractivity contribution in [3.8, 4) is 0 Å². The van der Waals surface area contributed by atoms with Crippen molar-refractivity contribution in [1.82, 2.24) is 10.9 Å². The first-order valence-electron chi connectivity index (χ1n) is 8.39. The monoisotopic (exact) mass is 365 g/mol. The van der Waals surface area contributed by atoms with Crippen molar-refractivity contribution in [3.05, 3.63) is 23.9 Å². The van der Waals surface area contributed by atoms with Gasteiger partial charge in [-0.3, -0.25) is 10.2 Å². The van der Waals surface area contributed by atoms with E-state index in [1.165, 1.54) is 0 Å². The number of carboxylic acids is 1. The van der Waals surface area contributed by atoms with Gasteiger partial charge < -0.3 is 24.8 Å². The lowest BCUT2D eigenvalue weighted by Gasteiger charge is -2.27. The molecule has 2 N–H and O–H groups in total. The van der Waals surface area contributed by atoms with Crippen LogP contribution in [0.4, 0.5) is 0 Å². The number of carbonyl (C=O) groups excluding carboxylic acids is 4. The predicted molar refractivity (Wildman–Crippen MR) is 85.4 cm³/mol. The van der Waals surface area contributed by atoms with Crippen LogP contribution in [-0.4, -0.2) is 37.0 Å². The third-order valence-electron chi connectivity index (χ3n) is 4.44. The van der Waals surface area contributed by atoms with Crippen molar-refractivity contribution < 1.29 is 33.8 Å². The Morgan fingerprint density at radius 1 is 1.04 bits per heavy atom. The molecule has 2 aliphatic carbocycles. The number of amides is 1. The number of hydrazine groups is 1. The lowest BCUT2D eigenvalue weighted by Crippen LogP contribution is -2.47. The third-order valence-corrected chi connectivity index (χ3v) is 4.44. The fraction of sp³-hybridized carbons (Fsp3) is 0.529. The summed E-state index contributed by atoms with van der Waals surface area (Å²) in [7, 11) is 0. The first kappa shape index (κ1) is 19.5. The number of rotatable bonds is 8. The second-order valence-corrected chi connectivity index (χ2v) is 5.95. The quantitative estimate of drug-likeness (QED) is 0.137. The van der Waals surface area contributed by atoms with Gasteiger partial charge in [-0.2, -0.15) is 0 Å². The zero-order chi connectivity index (χ0) is 19.3. The van der Waals surface area contributed by atoms with Crippen LogP contribution in [0.3, 0.4) is 0 Å². The number of carboxylic acid groups (broad SMARTS) is 1. The molecular formula is C17H21N2O7-. The van der Waals surface area contributed by atoms with Crippen molar-refractivity contribution in [3.63, 3.8) is 0 Å². The van der Waals surface area contributed by atoms with Crippen molar-refractivity contribution in [2.75, 3.05) is 13.2 Å². The number of nitrogens with one attached hydrogen (secondary N) is 2. The molecule has 0 heterocycles. The number of hydrogen-bond acceptors (Lipinski definition) is 8. The van der Waals surface area contributed by atoms with Crippen molar-refractivity contribution >= 4 is 23.8 Å². The van der Waals surface area contributed by atoms with Crippen LogP contribution in [0.5, 0.6) is 0 Å². The minimum Gasteiger partial charge on any atom is -0.550 e. The van der Waals surface area contributed by atoms with E-state index in [0.717, 1.165) is 6.20 Å². The largest absolute Gasteiger partial charge is 0.550 e. The summed E-state index contributed by atoms with van der Waals surface area (Å²) in [5.41, 5.74) is 4.25. The predicted octanol–water partition coefficient (Wildman–Crippen LogP) is -1.19. The summed E-state index contributed by atoms with van der Waals surface area (Å²) < 4.78 is 9.52. The molecule has 0 spiro atoms. The van der Waals surface area contributed by atoms with Gasteiger partial charge in [0.25, 0.3) is 0 Å². The minimum absolute atomic E-state index is 0.0622. The fourth-order valence-corrected chi connectivity index (χ4v) is 3.38. The molecule has 0 aliphatic heterocycles. The normalized spacial score (nSPS) is 25.3. The van der Waals surface area contributed by atoms with Gasteiger partial charge in [-0.05, 0) is 32.1 Å². The van der Waals surface area contributed by atoms with E-state index >= 15 is 0 Å². The number of esters is 2. The molecule has 2 rings (SSSR count). The fourth-order valence-electron chi connectivity index (χ4n) is 3.38. The van der Waals surface area contributed by atoms with Crippen molar-refractivity contribution in [2.24, 2.45) is 23.7 Å². The maximum Gasteiger partial charge on any atom is 0.347 e. The highest BCUT2D eigenvalue weighted by Gasteiger charge is 2.48. The Morgan fingerprint density at radius 2 is 1.58 bits per heavy atom. The van der Waals surface area contributed by atoms with Crippen LogP contribution >= 0.6 is 0 Å². The van der Waals surface area contributed by atoms with E-state index in [0.29, 0.717) is 6.42 Å². The number of carbonyl (C=O) groups is 4. The molecule has 142 valence electrons. The van der Waals surface area contributed by atoms with Crippen LogP contribution in [0.15, 0.2) is 23.9 Å². The molecule has 0 aromatic carbocycles. The molecular weight excluding hydrogens is 344 g/mol. The molecule has 1 amide bonds. The highest BCUT2D eigenvalue weighted by molar-refractivity contribution is 6.14. The summed E-state index contributed by atoms with van der Waals surface area (Å²) in [6.07, 6.45) is 5.17. The summed E-state index contributed by atoms with van der Waals surface area (Å²) in [4.78, 5) is 47.3. The first-order chi connectivity index (χ1) is 12.4. The van der Waals surface area contributed by atoms with E-state index in [4.69, 9.17) is 9.47 Å². The zero-order valence-corrected chi connectivity index (χ0v) is 14.5. The van der Waals surface area contributed by atoms with Crippen LogP contribution in [0.25, 0.3) is 0 Å². The molecule has 0 radical (unpaired) electrons. The highest BCUT2D eigenvalue weighted by atomic mass is 16.6. The molecule has 1 saturated carbocycles. The van der Waals surface area contributed by atoms with Gasteiger partial charge >= 0.3 is 11.9 Å². The lowest BCUT2D eigenvalue weighted by atomic mass is 9.82. The van der Waals surface area contributed by atoms with Gasteiger partial charge in [-0.25, -0.2) is 9.59 Å². The van der Waals surface area contributed by atoms with Gasteiger partial charge in [0.1, 0.15) is 0 Å². The number of fused-ring (bicyclic) bond motifs is 2. The van der Waals surface area contributed by atoms with Crippen LogP contribution in [0.1, 0.15) is 20.3 Å². The average Bonchev–Trinajstić information content (AvgIpc) is 3.19. The summed E-state index contributed by atoms with van der Waals surface area (Å²) >= 11 is 0. The topological polar surface area (TPSA) is 134 Å². The van der Waals surface area contributed by atoms with Crippen LogP contribution in [0.2, 0.25) is 0 Å². The molecule has 26 heavy (non-hydrogen) atoms. The Labute approximate surface area is 150 Å². The summed E-state index contributed by atoms with van der Waals surface area (Å²) in [6, 6.07) is 0. The van der Waals surface area contributed by atoms with Gasteiger partial charge in [-0.15, -0.1) is 0 Å².